The Balaban J connectivity index is 1.46. The molecule has 2 fully saturated rings. The van der Waals surface area contributed by atoms with Crippen LogP contribution < -0.4 is 0 Å². The number of amides is 1. The maximum absolute atomic E-state index is 13.2. The summed E-state index contributed by atoms with van der Waals surface area (Å²) in [6, 6.07) is 12.0. The van der Waals surface area contributed by atoms with Gasteiger partial charge in [-0.3, -0.25) is 9.69 Å². The number of rotatable bonds is 6. The lowest BCUT2D eigenvalue weighted by Crippen LogP contribution is -2.44. The molecule has 2 atom stereocenters. The average molecular weight is 447 g/mol. The molecule has 1 amide bonds. The van der Waals surface area contributed by atoms with Crippen LogP contribution in [-0.4, -0.2) is 61.6 Å². The quantitative estimate of drug-likeness (QED) is 0.664. The number of sulfone groups is 1. The molecule has 4 rings (SSSR count). The Kier molecular flexibility index (Phi) is 6.32. The fourth-order valence-electron chi connectivity index (χ4n) is 4.56. The molecule has 2 aliphatic heterocycles. The molecule has 3 heterocycles. The second kappa shape index (κ2) is 8.81. The third-order valence-corrected chi connectivity index (χ3v) is 9.91. The Morgan fingerprint density at radius 2 is 1.80 bits per heavy atom. The van der Waals surface area contributed by atoms with Gasteiger partial charge in [-0.15, -0.1) is 11.3 Å². The SMILES string of the molecule is CCS(=O)(=O)c1ccc(-c2ccc(C(=O)N3CCCC3CN3CCC[C@@H]3C)cc2)s1. The van der Waals surface area contributed by atoms with Crippen LogP contribution in [0.1, 0.15) is 49.9 Å². The van der Waals surface area contributed by atoms with Crippen LogP contribution in [0.2, 0.25) is 0 Å². The van der Waals surface area contributed by atoms with E-state index in [9.17, 15) is 13.2 Å². The minimum atomic E-state index is -3.18. The zero-order chi connectivity index (χ0) is 21.3. The smallest absolute Gasteiger partial charge is 0.254 e. The Labute approximate surface area is 183 Å². The van der Waals surface area contributed by atoms with Crippen molar-refractivity contribution in [3.63, 3.8) is 0 Å². The zero-order valence-electron chi connectivity index (χ0n) is 17.7. The largest absolute Gasteiger partial charge is 0.334 e. The predicted molar refractivity (Wildman–Crippen MR) is 122 cm³/mol. The van der Waals surface area contributed by atoms with Crippen molar-refractivity contribution in [2.45, 2.75) is 55.8 Å². The highest BCUT2D eigenvalue weighted by Gasteiger charge is 2.33. The van der Waals surface area contributed by atoms with Crippen LogP contribution in [0.15, 0.2) is 40.6 Å². The number of carbonyl (C=O) groups excluding carboxylic acids is 1. The van der Waals surface area contributed by atoms with Gasteiger partial charge in [0.15, 0.2) is 9.84 Å². The second-order valence-corrected chi connectivity index (χ2v) is 12.0. The number of hydrogen-bond donors (Lipinski definition) is 0. The normalized spacial score (nSPS) is 22.7. The molecule has 2 saturated heterocycles. The summed E-state index contributed by atoms with van der Waals surface area (Å²) in [7, 11) is -3.18. The van der Waals surface area contributed by atoms with E-state index in [0.29, 0.717) is 21.9 Å². The Hall–Kier alpha value is -1.70. The van der Waals surface area contributed by atoms with Gasteiger partial charge in [0, 0.05) is 35.6 Å². The molecule has 0 aliphatic carbocycles. The van der Waals surface area contributed by atoms with Crippen molar-refractivity contribution in [3.05, 3.63) is 42.0 Å². The lowest BCUT2D eigenvalue weighted by molar-refractivity contribution is 0.0696. The highest BCUT2D eigenvalue weighted by molar-refractivity contribution is 7.93. The molecule has 0 radical (unpaired) electrons. The third-order valence-electron chi connectivity index (χ3n) is 6.46. The van der Waals surface area contributed by atoms with Gasteiger partial charge in [0.2, 0.25) is 0 Å². The van der Waals surface area contributed by atoms with Crippen molar-refractivity contribution in [2.75, 3.05) is 25.4 Å². The molecule has 5 nitrogen and oxygen atoms in total. The highest BCUT2D eigenvalue weighted by Crippen LogP contribution is 2.32. The van der Waals surface area contributed by atoms with Crippen LogP contribution in [-0.2, 0) is 9.84 Å². The molecule has 2 aliphatic rings. The maximum atomic E-state index is 13.2. The first kappa shape index (κ1) is 21.5. The summed E-state index contributed by atoms with van der Waals surface area (Å²) in [6.07, 6.45) is 4.66. The number of likely N-dealkylation sites (tertiary alicyclic amines) is 2. The lowest BCUT2D eigenvalue weighted by atomic mass is 10.1. The fraction of sp³-hybridized carbons (Fsp3) is 0.522. The van der Waals surface area contributed by atoms with Gasteiger partial charge in [-0.25, -0.2) is 8.42 Å². The van der Waals surface area contributed by atoms with Gasteiger partial charge in [-0.2, -0.15) is 0 Å². The molecule has 0 saturated carbocycles. The molecule has 2 aromatic rings. The summed E-state index contributed by atoms with van der Waals surface area (Å²) in [6.45, 7) is 6.90. The van der Waals surface area contributed by atoms with E-state index in [1.807, 2.05) is 30.3 Å². The molecule has 1 aromatic heterocycles. The summed E-state index contributed by atoms with van der Waals surface area (Å²) in [5.74, 6) is 0.212. The Morgan fingerprint density at radius 1 is 1.07 bits per heavy atom. The molecule has 1 unspecified atom stereocenters. The van der Waals surface area contributed by atoms with Crippen molar-refractivity contribution in [2.24, 2.45) is 0 Å². The second-order valence-electron chi connectivity index (χ2n) is 8.38. The number of hydrogen-bond acceptors (Lipinski definition) is 5. The first-order valence-electron chi connectivity index (χ1n) is 10.9. The number of thiophene rings is 1. The van der Waals surface area contributed by atoms with Crippen LogP contribution in [0.4, 0.5) is 0 Å². The van der Waals surface area contributed by atoms with Crippen LogP contribution in [0.3, 0.4) is 0 Å². The summed E-state index contributed by atoms with van der Waals surface area (Å²) in [5, 5.41) is 0. The van der Waals surface area contributed by atoms with E-state index >= 15 is 0 Å². The molecule has 0 bridgehead atoms. The molecule has 0 spiro atoms. The molecular weight excluding hydrogens is 416 g/mol. The standard InChI is InChI=1S/C23H30N2O3S2/c1-3-30(27,28)22-13-12-21(29-22)18-8-10-19(11-9-18)23(26)25-15-5-7-20(25)16-24-14-4-6-17(24)2/h8-13,17,20H,3-7,14-16H2,1-2H3/t17-,20?/m0/s1. The zero-order valence-corrected chi connectivity index (χ0v) is 19.3. The number of nitrogens with zero attached hydrogens (tertiary/aromatic N) is 2. The van der Waals surface area contributed by atoms with Gasteiger partial charge >= 0.3 is 0 Å². The van der Waals surface area contributed by atoms with Crippen LogP contribution >= 0.6 is 11.3 Å². The molecule has 162 valence electrons. The van der Waals surface area contributed by atoms with E-state index < -0.39 is 9.84 Å². The van der Waals surface area contributed by atoms with Crippen LogP contribution in [0, 0.1) is 0 Å². The van der Waals surface area contributed by atoms with E-state index in [-0.39, 0.29) is 11.7 Å². The maximum Gasteiger partial charge on any atom is 0.254 e. The lowest BCUT2D eigenvalue weighted by Gasteiger charge is -2.30. The monoisotopic (exact) mass is 446 g/mol. The van der Waals surface area contributed by atoms with Crippen molar-refractivity contribution >= 4 is 27.1 Å². The number of carbonyl (C=O) groups is 1. The van der Waals surface area contributed by atoms with Crippen molar-refractivity contribution in [1.29, 1.82) is 0 Å². The first-order valence-corrected chi connectivity index (χ1v) is 13.3. The van der Waals surface area contributed by atoms with Gasteiger partial charge < -0.3 is 4.90 Å². The Bertz CT molecular complexity index is 998. The van der Waals surface area contributed by atoms with Crippen LogP contribution in [0.25, 0.3) is 10.4 Å². The molecule has 0 N–H and O–H groups in total. The van der Waals surface area contributed by atoms with Crippen LogP contribution in [0.5, 0.6) is 0 Å². The summed E-state index contributed by atoms with van der Waals surface area (Å²) in [5.41, 5.74) is 1.65. The predicted octanol–water partition coefficient (Wildman–Crippen LogP) is 4.30. The van der Waals surface area contributed by atoms with Gasteiger partial charge in [-0.1, -0.05) is 19.1 Å². The molecule has 7 heteroatoms. The highest BCUT2D eigenvalue weighted by atomic mass is 32.2. The van der Waals surface area contributed by atoms with Crippen molar-refractivity contribution in [3.8, 4) is 10.4 Å². The van der Waals surface area contributed by atoms with Crippen molar-refractivity contribution < 1.29 is 13.2 Å². The minimum absolute atomic E-state index is 0.105. The third kappa shape index (κ3) is 4.34. The fourth-order valence-corrected chi connectivity index (χ4v) is 6.99. The van der Waals surface area contributed by atoms with Gasteiger partial charge in [0.25, 0.3) is 5.91 Å². The summed E-state index contributed by atoms with van der Waals surface area (Å²) >= 11 is 1.29. The average Bonchev–Trinajstić information content (AvgIpc) is 3.50. The molecule has 1 aromatic carbocycles. The topological polar surface area (TPSA) is 57.7 Å². The summed E-state index contributed by atoms with van der Waals surface area (Å²) < 4.78 is 24.5. The number of benzene rings is 1. The van der Waals surface area contributed by atoms with Gasteiger partial charge in [0.1, 0.15) is 4.21 Å². The van der Waals surface area contributed by atoms with E-state index in [0.717, 1.165) is 42.9 Å². The van der Waals surface area contributed by atoms with Crippen molar-refractivity contribution in [1.82, 2.24) is 9.80 Å². The molecule has 30 heavy (non-hydrogen) atoms. The van der Waals surface area contributed by atoms with E-state index in [2.05, 4.69) is 16.7 Å². The van der Waals surface area contributed by atoms with E-state index in [1.54, 1.807) is 13.0 Å². The first-order chi connectivity index (χ1) is 14.4. The minimum Gasteiger partial charge on any atom is -0.334 e. The molecular formula is C23H30N2O3S2. The van der Waals surface area contributed by atoms with E-state index in [1.165, 1.54) is 24.2 Å². The van der Waals surface area contributed by atoms with Gasteiger partial charge in [-0.05, 0) is 69.0 Å². The van der Waals surface area contributed by atoms with E-state index in [4.69, 9.17) is 0 Å². The summed E-state index contributed by atoms with van der Waals surface area (Å²) in [4.78, 5) is 18.6. The van der Waals surface area contributed by atoms with Gasteiger partial charge in [0.05, 0.1) is 5.75 Å². The Morgan fingerprint density at radius 3 is 2.47 bits per heavy atom.